The summed E-state index contributed by atoms with van der Waals surface area (Å²) in [5.41, 5.74) is 8.74. The number of hydrogen-bond acceptors (Lipinski definition) is 4. The average Bonchev–Trinajstić information content (AvgIpc) is 2.97. The molecule has 2 aromatic carbocycles. The molecule has 0 amide bonds. The predicted octanol–water partition coefficient (Wildman–Crippen LogP) is 2.63. The maximum atomic E-state index is 12.7. The molecule has 1 aliphatic carbocycles. The van der Waals surface area contributed by atoms with E-state index in [1.807, 2.05) is 12.1 Å². The Labute approximate surface area is 140 Å². The van der Waals surface area contributed by atoms with Gasteiger partial charge in [0, 0.05) is 10.6 Å². The molecule has 0 radical (unpaired) electrons. The van der Waals surface area contributed by atoms with E-state index in [0.717, 1.165) is 17.4 Å². The first-order chi connectivity index (χ1) is 10.9. The molecule has 0 aromatic heterocycles. The van der Waals surface area contributed by atoms with Crippen LogP contribution in [0.1, 0.15) is 21.5 Å². The molecule has 4 nitrogen and oxygen atoms in total. The summed E-state index contributed by atoms with van der Waals surface area (Å²) in [5.74, 6) is -0.201. The van der Waals surface area contributed by atoms with Gasteiger partial charge >= 0.3 is 0 Å². The molecule has 3 rings (SSSR count). The Hall–Kier alpha value is -1.69. The molecule has 23 heavy (non-hydrogen) atoms. The molecule has 1 aliphatic rings. The normalized spacial score (nSPS) is 18.4. The van der Waals surface area contributed by atoms with E-state index in [4.69, 9.17) is 17.3 Å². The third kappa shape index (κ3) is 3.04. The maximum Gasteiger partial charge on any atom is 0.194 e. The van der Waals surface area contributed by atoms with E-state index >= 15 is 0 Å². The Bertz CT molecular complexity index is 847. The van der Waals surface area contributed by atoms with Crippen molar-refractivity contribution in [2.24, 2.45) is 11.7 Å². The van der Waals surface area contributed by atoms with Crippen molar-refractivity contribution in [1.29, 1.82) is 0 Å². The van der Waals surface area contributed by atoms with Crippen LogP contribution < -0.4 is 5.73 Å². The Kier molecular flexibility index (Phi) is 4.27. The van der Waals surface area contributed by atoms with Crippen molar-refractivity contribution in [3.63, 3.8) is 0 Å². The van der Waals surface area contributed by atoms with Crippen molar-refractivity contribution in [2.75, 3.05) is 0 Å². The van der Waals surface area contributed by atoms with Crippen LogP contribution in [-0.4, -0.2) is 20.1 Å². The number of carbonyl (C=O) groups excluding carboxylic acids is 1. The number of sulfone groups is 1. The molecule has 6 heteroatoms. The standard InChI is InChI=1S/C17H16ClNO3S/c18-15-3-5-16(6-4-15)23(21,22)17(19)14-8-12-2-1-11(10-20)7-13(12)9-14/h1-7,10,14,17H,8-9,19H2. The van der Waals surface area contributed by atoms with Gasteiger partial charge in [-0.05, 0) is 60.2 Å². The SMILES string of the molecule is NC(C1Cc2ccc(C=O)cc2C1)S(=O)(=O)c1ccc(Cl)cc1. The van der Waals surface area contributed by atoms with Crippen molar-refractivity contribution in [3.05, 3.63) is 64.2 Å². The van der Waals surface area contributed by atoms with E-state index in [2.05, 4.69) is 0 Å². The maximum absolute atomic E-state index is 12.7. The van der Waals surface area contributed by atoms with E-state index in [-0.39, 0.29) is 10.8 Å². The lowest BCUT2D eigenvalue weighted by Gasteiger charge is -2.19. The number of aldehydes is 1. The minimum atomic E-state index is -3.62. The number of nitrogens with two attached hydrogens (primary N) is 1. The van der Waals surface area contributed by atoms with Gasteiger partial charge in [0.1, 0.15) is 11.7 Å². The summed E-state index contributed by atoms with van der Waals surface area (Å²) in [6.07, 6.45) is 1.95. The van der Waals surface area contributed by atoms with E-state index < -0.39 is 15.2 Å². The Morgan fingerprint density at radius 3 is 2.39 bits per heavy atom. The van der Waals surface area contributed by atoms with Crippen molar-refractivity contribution >= 4 is 27.7 Å². The van der Waals surface area contributed by atoms with Crippen molar-refractivity contribution < 1.29 is 13.2 Å². The number of benzene rings is 2. The summed E-state index contributed by atoms with van der Waals surface area (Å²) < 4.78 is 25.4. The van der Waals surface area contributed by atoms with Crippen LogP contribution in [-0.2, 0) is 22.7 Å². The van der Waals surface area contributed by atoms with E-state index in [0.29, 0.717) is 23.4 Å². The van der Waals surface area contributed by atoms with E-state index in [9.17, 15) is 13.2 Å². The zero-order chi connectivity index (χ0) is 16.6. The predicted molar refractivity (Wildman–Crippen MR) is 89.3 cm³/mol. The minimum Gasteiger partial charge on any atom is -0.315 e. The van der Waals surface area contributed by atoms with Crippen LogP contribution in [0.5, 0.6) is 0 Å². The molecule has 120 valence electrons. The van der Waals surface area contributed by atoms with Crippen molar-refractivity contribution in [1.82, 2.24) is 0 Å². The summed E-state index contributed by atoms with van der Waals surface area (Å²) in [5, 5.41) is -0.511. The summed E-state index contributed by atoms with van der Waals surface area (Å²) in [6, 6.07) is 11.5. The molecule has 2 N–H and O–H groups in total. The second-order valence-electron chi connectivity index (χ2n) is 5.78. The summed E-state index contributed by atoms with van der Waals surface area (Å²) >= 11 is 5.80. The van der Waals surface area contributed by atoms with Crippen LogP contribution in [0.2, 0.25) is 5.02 Å². The van der Waals surface area contributed by atoms with Gasteiger partial charge < -0.3 is 5.73 Å². The minimum absolute atomic E-state index is 0.180. The zero-order valence-corrected chi connectivity index (χ0v) is 13.8. The molecule has 2 atom stereocenters. The fourth-order valence-corrected chi connectivity index (χ4v) is 4.67. The first kappa shape index (κ1) is 16.2. The highest BCUT2D eigenvalue weighted by atomic mass is 35.5. The lowest BCUT2D eigenvalue weighted by molar-refractivity contribution is 0.112. The number of hydrogen-bond donors (Lipinski definition) is 1. The highest BCUT2D eigenvalue weighted by molar-refractivity contribution is 7.92. The molecule has 0 bridgehead atoms. The molecule has 0 aliphatic heterocycles. The quantitative estimate of drug-likeness (QED) is 0.861. The first-order valence-electron chi connectivity index (χ1n) is 7.24. The number of halogens is 1. The van der Waals surface area contributed by atoms with Gasteiger partial charge in [0.2, 0.25) is 0 Å². The van der Waals surface area contributed by atoms with Gasteiger partial charge in [0.25, 0.3) is 0 Å². The topological polar surface area (TPSA) is 77.2 Å². The highest BCUT2D eigenvalue weighted by Gasteiger charge is 2.35. The molecule has 0 spiro atoms. The second kappa shape index (κ2) is 6.07. The molecule has 0 saturated carbocycles. The van der Waals surface area contributed by atoms with Crippen LogP contribution in [0.15, 0.2) is 47.4 Å². The molecular formula is C17H16ClNO3S. The number of fused-ring (bicyclic) bond motifs is 1. The molecule has 2 aromatic rings. The van der Waals surface area contributed by atoms with E-state index in [1.54, 1.807) is 18.2 Å². The highest BCUT2D eigenvalue weighted by Crippen LogP contribution is 2.32. The van der Waals surface area contributed by atoms with Gasteiger partial charge in [-0.15, -0.1) is 0 Å². The Balaban J connectivity index is 1.85. The number of rotatable bonds is 4. The lowest BCUT2D eigenvalue weighted by atomic mass is 10.1. The van der Waals surface area contributed by atoms with Gasteiger partial charge in [0.15, 0.2) is 9.84 Å². The summed E-state index contributed by atoms with van der Waals surface area (Å²) in [4.78, 5) is 11.0. The lowest BCUT2D eigenvalue weighted by Crippen LogP contribution is -2.38. The summed E-state index contributed by atoms with van der Waals surface area (Å²) in [7, 11) is -3.62. The van der Waals surface area contributed by atoms with Crippen LogP contribution >= 0.6 is 11.6 Å². The van der Waals surface area contributed by atoms with Gasteiger partial charge in [-0.1, -0.05) is 23.7 Å². The molecule has 0 saturated heterocycles. The van der Waals surface area contributed by atoms with Crippen molar-refractivity contribution in [3.8, 4) is 0 Å². The smallest absolute Gasteiger partial charge is 0.194 e. The monoisotopic (exact) mass is 349 g/mol. The fourth-order valence-electron chi connectivity index (χ4n) is 3.01. The van der Waals surface area contributed by atoms with Crippen LogP contribution in [0, 0.1) is 5.92 Å². The Morgan fingerprint density at radius 1 is 1.09 bits per heavy atom. The van der Waals surface area contributed by atoms with Crippen LogP contribution in [0.3, 0.4) is 0 Å². The van der Waals surface area contributed by atoms with Gasteiger partial charge in [0.05, 0.1) is 4.90 Å². The average molecular weight is 350 g/mol. The molecular weight excluding hydrogens is 334 g/mol. The van der Waals surface area contributed by atoms with Gasteiger partial charge in [-0.2, -0.15) is 0 Å². The summed E-state index contributed by atoms with van der Waals surface area (Å²) in [6.45, 7) is 0. The zero-order valence-electron chi connectivity index (χ0n) is 12.3. The Morgan fingerprint density at radius 2 is 1.74 bits per heavy atom. The first-order valence-corrected chi connectivity index (χ1v) is 9.16. The fraction of sp³-hybridized carbons (Fsp3) is 0.235. The number of carbonyl (C=O) groups is 1. The van der Waals surface area contributed by atoms with Crippen LogP contribution in [0.25, 0.3) is 0 Å². The largest absolute Gasteiger partial charge is 0.315 e. The van der Waals surface area contributed by atoms with Gasteiger partial charge in [-0.25, -0.2) is 8.42 Å². The van der Waals surface area contributed by atoms with Crippen LogP contribution in [0.4, 0.5) is 0 Å². The van der Waals surface area contributed by atoms with E-state index in [1.165, 1.54) is 12.1 Å². The van der Waals surface area contributed by atoms with Gasteiger partial charge in [-0.3, -0.25) is 4.79 Å². The third-order valence-corrected chi connectivity index (χ3v) is 6.58. The third-order valence-electron chi connectivity index (χ3n) is 4.30. The second-order valence-corrected chi connectivity index (χ2v) is 8.32. The molecule has 2 unspecified atom stereocenters. The van der Waals surface area contributed by atoms with Crippen molar-refractivity contribution in [2.45, 2.75) is 23.1 Å². The molecule has 0 fully saturated rings. The molecule has 0 heterocycles.